The number of anilines is 1. The summed E-state index contributed by atoms with van der Waals surface area (Å²) in [6.07, 6.45) is 0. The van der Waals surface area contributed by atoms with Gasteiger partial charge < -0.3 is 19.9 Å². The van der Waals surface area contributed by atoms with Gasteiger partial charge in [0.25, 0.3) is 5.91 Å². The highest BCUT2D eigenvalue weighted by molar-refractivity contribution is 7.98. The van der Waals surface area contributed by atoms with E-state index in [0.29, 0.717) is 18.7 Å². The van der Waals surface area contributed by atoms with Crippen molar-refractivity contribution in [2.75, 3.05) is 58.4 Å². The van der Waals surface area contributed by atoms with E-state index in [1.165, 1.54) is 0 Å². The van der Waals surface area contributed by atoms with Crippen molar-refractivity contribution < 1.29 is 9.53 Å². The number of benzene rings is 1. The fourth-order valence-electron chi connectivity index (χ4n) is 3.33. The first-order chi connectivity index (χ1) is 15.3. The fourth-order valence-corrected chi connectivity index (χ4v) is 4.14. The molecule has 0 spiro atoms. The van der Waals surface area contributed by atoms with Crippen molar-refractivity contribution in [2.24, 2.45) is 0 Å². The Morgan fingerprint density at radius 1 is 1.12 bits per heavy atom. The standard InChI is InChI=1S/C24H35N5O2S/c1-24(2,3)20-16-21(29-13-11-28(4)12-14-29)27-23(26-20)32-17-18-6-8-19(9-7-18)22(30)25-10-15-31-5/h6-9,16H,10-15,17H2,1-5H3,(H,25,30). The van der Waals surface area contributed by atoms with Gasteiger partial charge in [-0.1, -0.05) is 44.7 Å². The summed E-state index contributed by atoms with van der Waals surface area (Å²) in [4.78, 5) is 26.6. The summed E-state index contributed by atoms with van der Waals surface area (Å²) in [5.41, 5.74) is 2.80. The molecule has 1 aromatic carbocycles. The Morgan fingerprint density at radius 3 is 2.44 bits per heavy atom. The lowest BCUT2D eigenvalue weighted by Crippen LogP contribution is -2.45. The number of hydrogen-bond donors (Lipinski definition) is 1. The van der Waals surface area contributed by atoms with Crippen molar-refractivity contribution in [3.8, 4) is 0 Å². The molecular formula is C24H35N5O2S. The molecule has 0 unspecified atom stereocenters. The van der Waals surface area contributed by atoms with Gasteiger partial charge in [-0.3, -0.25) is 4.79 Å². The molecule has 3 rings (SSSR count). The molecule has 1 aliphatic heterocycles. The predicted octanol–water partition coefficient (Wildman–Crippen LogP) is 3.19. The molecule has 0 bridgehead atoms. The maximum Gasteiger partial charge on any atom is 0.251 e. The third kappa shape index (κ3) is 6.92. The minimum absolute atomic E-state index is 0.0442. The van der Waals surface area contributed by atoms with Crippen molar-refractivity contribution in [3.05, 3.63) is 47.2 Å². The van der Waals surface area contributed by atoms with Crippen LogP contribution in [0.5, 0.6) is 0 Å². The monoisotopic (exact) mass is 457 g/mol. The van der Waals surface area contributed by atoms with Crippen LogP contribution >= 0.6 is 11.8 Å². The first-order valence-corrected chi connectivity index (χ1v) is 12.1. The highest BCUT2D eigenvalue weighted by Crippen LogP contribution is 2.28. The SMILES string of the molecule is COCCNC(=O)c1ccc(CSc2nc(N3CCN(C)CC3)cc(C(C)(C)C)n2)cc1. The Labute approximate surface area is 195 Å². The van der Waals surface area contributed by atoms with Gasteiger partial charge in [-0.25, -0.2) is 9.97 Å². The minimum Gasteiger partial charge on any atom is -0.383 e. The summed E-state index contributed by atoms with van der Waals surface area (Å²) >= 11 is 1.64. The number of likely N-dealkylation sites (N-methyl/N-ethyl adjacent to an activating group) is 1. The zero-order chi connectivity index (χ0) is 23.1. The van der Waals surface area contributed by atoms with Crippen molar-refractivity contribution in [1.29, 1.82) is 0 Å². The van der Waals surface area contributed by atoms with E-state index in [2.05, 4.69) is 49.0 Å². The van der Waals surface area contributed by atoms with E-state index in [1.54, 1.807) is 18.9 Å². The number of rotatable bonds is 8. The van der Waals surface area contributed by atoms with E-state index in [-0.39, 0.29) is 11.3 Å². The maximum atomic E-state index is 12.2. The van der Waals surface area contributed by atoms with Gasteiger partial charge in [-0.15, -0.1) is 0 Å². The molecule has 0 radical (unpaired) electrons. The fraction of sp³-hybridized carbons (Fsp3) is 0.542. The summed E-state index contributed by atoms with van der Waals surface area (Å²) in [6, 6.07) is 9.85. The van der Waals surface area contributed by atoms with Crippen LogP contribution in [0, 0.1) is 0 Å². The zero-order valence-electron chi connectivity index (χ0n) is 19.9. The summed E-state index contributed by atoms with van der Waals surface area (Å²) in [5, 5.41) is 3.64. The molecule has 0 atom stereocenters. The molecular weight excluding hydrogens is 422 g/mol. The predicted molar refractivity (Wildman–Crippen MR) is 131 cm³/mol. The molecule has 1 saturated heterocycles. The van der Waals surface area contributed by atoms with Gasteiger partial charge in [0.1, 0.15) is 5.82 Å². The van der Waals surface area contributed by atoms with Gasteiger partial charge >= 0.3 is 0 Å². The Kier molecular flexibility index (Phi) is 8.51. The number of ether oxygens (including phenoxy) is 1. The van der Waals surface area contributed by atoms with Gasteiger partial charge in [-0.2, -0.15) is 0 Å². The minimum atomic E-state index is -0.0840. The van der Waals surface area contributed by atoms with E-state index >= 15 is 0 Å². The lowest BCUT2D eigenvalue weighted by molar-refractivity contribution is 0.0937. The van der Waals surface area contributed by atoms with E-state index in [1.807, 2.05) is 24.3 Å². The van der Waals surface area contributed by atoms with E-state index in [9.17, 15) is 4.79 Å². The summed E-state index contributed by atoms with van der Waals surface area (Å²) in [5.74, 6) is 1.68. The normalized spacial score (nSPS) is 15.1. The molecule has 7 nitrogen and oxygen atoms in total. The second-order valence-electron chi connectivity index (χ2n) is 9.17. The second-order valence-corrected chi connectivity index (χ2v) is 10.1. The van der Waals surface area contributed by atoms with Crippen molar-refractivity contribution in [2.45, 2.75) is 37.1 Å². The first kappa shape index (κ1) is 24.5. The average Bonchev–Trinajstić information content (AvgIpc) is 2.78. The molecule has 2 heterocycles. The number of aromatic nitrogens is 2. The molecule has 1 fully saturated rings. The Bertz CT molecular complexity index is 890. The molecule has 8 heteroatoms. The van der Waals surface area contributed by atoms with Crippen LogP contribution in [0.25, 0.3) is 0 Å². The van der Waals surface area contributed by atoms with Crippen LogP contribution in [0.3, 0.4) is 0 Å². The second kappa shape index (κ2) is 11.1. The molecule has 1 N–H and O–H groups in total. The van der Waals surface area contributed by atoms with Gasteiger partial charge in [0, 0.05) is 62.6 Å². The van der Waals surface area contributed by atoms with Gasteiger partial charge in [0.2, 0.25) is 0 Å². The number of piperazine rings is 1. The number of amides is 1. The summed E-state index contributed by atoms with van der Waals surface area (Å²) < 4.78 is 4.97. The Hall–Kier alpha value is -2.16. The lowest BCUT2D eigenvalue weighted by atomic mass is 9.92. The summed E-state index contributed by atoms with van der Waals surface area (Å²) in [7, 11) is 3.78. The molecule has 1 aliphatic rings. The molecule has 174 valence electrons. The third-order valence-corrected chi connectivity index (χ3v) is 6.38. The molecule has 1 aromatic heterocycles. The van der Waals surface area contributed by atoms with E-state index in [4.69, 9.17) is 14.7 Å². The Balaban J connectivity index is 1.68. The Morgan fingerprint density at radius 2 is 1.81 bits per heavy atom. The zero-order valence-corrected chi connectivity index (χ0v) is 20.7. The maximum absolute atomic E-state index is 12.2. The molecule has 0 aliphatic carbocycles. The van der Waals surface area contributed by atoms with Crippen LogP contribution < -0.4 is 10.2 Å². The molecule has 0 saturated carbocycles. The van der Waals surface area contributed by atoms with Crippen LogP contribution in [-0.2, 0) is 15.9 Å². The number of carbonyl (C=O) groups excluding carboxylic acids is 1. The molecule has 1 amide bonds. The first-order valence-electron chi connectivity index (χ1n) is 11.1. The number of hydrogen-bond acceptors (Lipinski definition) is 7. The highest BCUT2D eigenvalue weighted by atomic mass is 32.2. The van der Waals surface area contributed by atoms with Crippen molar-refractivity contribution in [1.82, 2.24) is 20.2 Å². The smallest absolute Gasteiger partial charge is 0.251 e. The lowest BCUT2D eigenvalue weighted by Gasteiger charge is -2.34. The van der Waals surface area contributed by atoms with E-state index in [0.717, 1.165) is 54.2 Å². The van der Waals surface area contributed by atoms with Crippen molar-refractivity contribution in [3.63, 3.8) is 0 Å². The van der Waals surface area contributed by atoms with Crippen LogP contribution in [0.4, 0.5) is 5.82 Å². The van der Waals surface area contributed by atoms with Gasteiger partial charge in [-0.05, 0) is 24.7 Å². The highest BCUT2D eigenvalue weighted by Gasteiger charge is 2.22. The van der Waals surface area contributed by atoms with Gasteiger partial charge in [0.15, 0.2) is 5.16 Å². The van der Waals surface area contributed by atoms with Crippen LogP contribution in [0.15, 0.2) is 35.5 Å². The van der Waals surface area contributed by atoms with Crippen LogP contribution in [-0.4, -0.2) is 74.3 Å². The largest absolute Gasteiger partial charge is 0.383 e. The topological polar surface area (TPSA) is 70.6 Å². The number of methoxy groups -OCH3 is 1. The quantitative estimate of drug-likeness (QED) is 0.371. The van der Waals surface area contributed by atoms with Gasteiger partial charge in [0.05, 0.1) is 12.3 Å². The number of nitrogens with one attached hydrogen (secondary N) is 1. The molecule has 2 aromatic rings. The van der Waals surface area contributed by atoms with E-state index < -0.39 is 0 Å². The third-order valence-electron chi connectivity index (χ3n) is 5.46. The number of thioether (sulfide) groups is 1. The van der Waals surface area contributed by atoms with Crippen molar-refractivity contribution >= 4 is 23.5 Å². The number of nitrogens with zero attached hydrogens (tertiary/aromatic N) is 4. The molecule has 32 heavy (non-hydrogen) atoms. The van der Waals surface area contributed by atoms with Crippen LogP contribution in [0.2, 0.25) is 0 Å². The van der Waals surface area contributed by atoms with Crippen LogP contribution in [0.1, 0.15) is 42.4 Å². The summed E-state index contributed by atoms with van der Waals surface area (Å²) in [6.45, 7) is 11.6. The average molecular weight is 458 g/mol. The number of carbonyl (C=O) groups is 1.